The van der Waals surface area contributed by atoms with Crippen LogP contribution in [0.15, 0.2) is 34.9 Å². The quantitative estimate of drug-likeness (QED) is 0.118. The fraction of sp³-hybridized carbons (Fsp3) is 0.667. The average Bonchev–Trinajstić information content (AvgIpc) is 3.22. The number of hydrogen-bond donors (Lipinski definition) is 1. The predicted molar refractivity (Wildman–Crippen MR) is 158 cm³/mol. The van der Waals surface area contributed by atoms with Gasteiger partial charge in [-0.25, -0.2) is 0 Å². The number of hydrazone groups is 1. The maximum atomic E-state index is 11.8. The van der Waals surface area contributed by atoms with E-state index in [2.05, 4.69) is 30.5 Å². The second kappa shape index (κ2) is 11.3. The summed E-state index contributed by atoms with van der Waals surface area (Å²) in [5.41, 5.74) is 3.69. The van der Waals surface area contributed by atoms with Gasteiger partial charge < -0.3 is 4.74 Å². The maximum Gasteiger partial charge on any atom is 0.302 e. The molecule has 4 aliphatic carbocycles. The summed E-state index contributed by atoms with van der Waals surface area (Å²) in [6.45, 7) is 7.66. The largest absolute Gasteiger partial charge is 0.462 e. The van der Waals surface area contributed by atoms with Crippen molar-refractivity contribution < 1.29 is 24.3 Å². The third-order valence-corrected chi connectivity index (χ3v) is 11.1. The average molecular weight is 598 g/mol. The van der Waals surface area contributed by atoms with Gasteiger partial charge in [-0.1, -0.05) is 25.5 Å². The molecule has 1 aromatic rings. The van der Waals surface area contributed by atoms with Gasteiger partial charge in [0.15, 0.2) is 0 Å². The van der Waals surface area contributed by atoms with Crippen LogP contribution in [0.3, 0.4) is 0 Å². The Bertz CT molecular complexity index is 1410. The third kappa shape index (κ3) is 5.49. The van der Waals surface area contributed by atoms with Gasteiger partial charge >= 0.3 is 11.7 Å². The first-order chi connectivity index (χ1) is 20.2. The minimum atomic E-state index is -0.699. The van der Waals surface area contributed by atoms with Gasteiger partial charge in [-0.15, -0.1) is 0 Å². The summed E-state index contributed by atoms with van der Waals surface area (Å²) in [5.74, 6) is 0.372. The van der Waals surface area contributed by atoms with E-state index in [0.29, 0.717) is 24.0 Å². The Kier molecular flexibility index (Phi) is 8.03. The fourth-order valence-electron chi connectivity index (χ4n) is 9.43. The Morgan fingerprint density at radius 2 is 1.81 bits per heavy atom. The van der Waals surface area contributed by atoms with Crippen molar-refractivity contribution in [2.24, 2.45) is 45.5 Å². The Morgan fingerprint density at radius 3 is 2.47 bits per heavy atom. The summed E-state index contributed by atoms with van der Waals surface area (Å²) >= 11 is 0. The highest BCUT2D eigenvalue weighted by atomic mass is 16.6. The molecule has 3 saturated carbocycles. The molecular formula is C30H39N5O8. The van der Waals surface area contributed by atoms with E-state index in [1.165, 1.54) is 24.6 Å². The highest BCUT2D eigenvalue weighted by Crippen LogP contribution is 2.67. The molecule has 0 spiro atoms. The van der Waals surface area contributed by atoms with Crippen molar-refractivity contribution in [3.63, 3.8) is 0 Å². The van der Waals surface area contributed by atoms with Crippen LogP contribution in [0.5, 0.6) is 0 Å². The normalized spacial score (nSPS) is 35.1. The van der Waals surface area contributed by atoms with E-state index in [1.807, 2.05) is 6.92 Å². The van der Waals surface area contributed by atoms with E-state index in [9.17, 15) is 35.1 Å². The Balaban J connectivity index is 1.43. The van der Waals surface area contributed by atoms with Crippen molar-refractivity contribution in [3.8, 4) is 0 Å². The van der Waals surface area contributed by atoms with Crippen molar-refractivity contribution in [2.45, 2.75) is 78.7 Å². The first-order valence-electron chi connectivity index (χ1n) is 15.0. The topological polar surface area (TPSA) is 180 Å². The van der Waals surface area contributed by atoms with Crippen LogP contribution in [0.2, 0.25) is 0 Å². The van der Waals surface area contributed by atoms with Crippen molar-refractivity contribution in [1.82, 2.24) is 0 Å². The summed E-state index contributed by atoms with van der Waals surface area (Å²) in [6.07, 6.45) is 8.28. The van der Waals surface area contributed by atoms with Crippen LogP contribution in [0.4, 0.5) is 17.1 Å². The van der Waals surface area contributed by atoms with Crippen LogP contribution in [0.1, 0.15) is 72.6 Å². The Labute approximate surface area is 249 Å². The minimum Gasteiger partial charge on any atom is -0.462 e. The summed E-state index contributed by atoms with van der Waals surface area (Å²) in [6, 6.07) is 3.33. The summed E-state index contributed by atoms with van der Waals surface area (Å²) in [5, 5.41) is 39.1. The van der Waals surface area contributed by atoms with E-state index in [0.717, 1.165) is 44.6 Å². The summed E-state index contributed by atoms with van der Waals surface area (Å²) in [7, 11) is 0. The standard InChI is InChI=1S/C30H39N5O8/c1-17(31-32-26-8-6-21(34(39)40)15-27(26)35(41)42)28-19(16-33(37)38)13-25-23-7-5-20-14-22(43-18(2)36)9-11-29(20,3)24(23)10-12-30(25,28)4/h5-6,8,15,19,22-25,28,32H,7,9-14,16H2,1-4H3/t19-,22-,23-,24+,25+,28+,29-,30+/m0/s1. The highest BCUT2D eigenvalue weighted by molar-refractivity contribution is 5.87. The van der Waals surface area contributed by atoms with Crippen LogP contribution in [0, 0.1) is 70.8 Å². The smallest absolute Gasteiger partial charge is 0.302 e. The molecule has 0 unspecified atom stereocenters. The number of nitro groups is 3. The molecule has 0 radical (unpaired) electrons. The number of nitro benzene ring substituents is 2. The molecule has 8 atom stereocenters. The van der Waals surface area contributed by atoms with Gasteiger partial charge in [0.1, 0.15) is 11.8 Å². The molecular weight excluding hydrogens is 558 g/mol. The number of rotatable bonds is 8. The molecule has 0 aliphatic heterocycles. The number of carbonyl (C=O) groups is 1. The fourth-order valence-corrected chi connectivity index (χ4v) is 9.43. The molecule has 43 heavy (non-hydrogen) atoms. The zero-order chi connectivity index (χ0) is 31.3. The van der Waals surface area contributed by atoms with Crippen LogP contribution in [-0.2, 0) is 9.53 Å². The van der Waals surface area contributed by atoms with Gasteiger partial charge in [-0.3, -0.25) is 40.6 Å². The molecule has 13 nitrogen and oxygen atoms in total. The molecule has 0 aromatic heterocycles. The van der Waals surface area contributed by atoms with Gasteiger partial charge in [0, 0.05) is 41.9 Å². The van der Waals surface area contributed by atoms with Crippen LogP contribution in [-0.4, -0.2) is 39.1 Å². The first-order valence-corrected chi connectivity index (χ1v) is 15.0. The SMILES string of the molecule is CC(=O)O[C@H]1CC[C@@]2(C)C(=CC[C@@H]3[C@H]4C[C@@H](C[N+](=O)[O-])[C@@H](C(C)=NNc5ccc([N+](=O)[O-])cc5[N+](=O)[O-])[C@]4(C)CC[C@H]32)C1. The number of allylic oxidation sites excluding steroid dienone is 1. The zero-order valence-corrected chi connectivity index (χ0v) is 25.0. The molecule has 1 N–H and O–H groups in total. The molecule has 232 valence electrons. The Hall–Kier alpha value is -3.90. The molecule has 0 amide bonds. The summed E-state index contributed by atoms with van der Waals surface area (Å²) in [4.78, 5) is 44.5. The molecule has 4 aliphatic rings. The molecule has 3 fully saturated rings. The second-order valence-corrected chi connectivity index (χ2v) is 13.3. The van der Waals surface area contributed by atoms with E-state index < -0.39 is 21.2 Å². The van der Waals surface area contributed by atoms with Gasteiger partial charge in [-0.2, -0.15) is 5.10 Å². The van der Waals surface area contributed by atoms with E-state index in [1.54, 1.807) is 0 Å². The number of hydrogen-bond acceptors (Lipinski definition) is 10. The lowest BCUT2D eigenvalue weighted by Gasteiger charge is -2.58. The van der Waals surface area contributed by atoms with Crippen molar-refractivity contribution in [2.75, 3.05) is 12.0 Å². The zero-order valence-electron chi connectivity index (χ0n) is 25.0. The highest BCUT2D eigenvalue weighted by Gasteiger charge is 2.62. The van der Waals surface area contributed by atoms with Gasteiger partial charge in [-0.05, 0) is 80.1 Å². The Morgan fingerprint density at radius 1 is 1.07 bits per heavy atom. The number of non-ortho nitro benzene ring substituents is 1. The molecule has 13 heteroatoms. The summed E-state index contributed by atoms with van der Waals surface area (Å²) < 4.78 is 5.56. The first kappa shape index (κ1) is 30.6. The van der Waals surface area contributed by atoms with E-state index in [4.69, 9.17) is 4.74 Å². The van der Waals surface area contributed by atoms with Crippen LogP contribution in [0.25, 0.3) is 0 Å². The monoisotopic (exact) mass is 597 g/mol. The number of benzene rings is 1. The molecule has 0 heterocycles. The predicted octanol–water partition coefficient (Wildman–Crippen LogP) is 6.30. The van der Waals surface area contributed by atoms with Crippen molar-refractivity contribution >= 4 is 28.7 Å². The number of ether oxygens (including phenoxy) is 1. The van der Waals surface area contributed by atoms with Crippen molar-refractivity contribution in [1.29, 1.82) is 0 Å². The van der Waals surface area contributed by atoms with Crippen LogP contribution < -0.4 is 5.43 Å². The lowest BCUT2D eigenvalue weighted by atomic mass is 9.47. The lowest BCUT2D eigenvalue weighted by molar-refractivity contribution is -0.489. The van der Waals surface area contributed by atoms with Crippen molar-refractivity contribution in [3.05, 3.63) is 60.2 Å². The van der Waals surface area contributed by atoms with Gasteiger partial charge in [0.2, 0.25) is 6.54 Å². The number of carbonyl (C=O) groups excluding carboxylic acids is 1. The molecule has 1 aromatic carbocycles. The second-order valence-electron chi connectivity index (χ2n) is 13.3. The number of esters is 1. The van der Waals surface area contributed by atoms with Crippen LogP contribution >= 0.6 is 0 Å². The number of fused-ring (bicyclic) bond motifs is 5. The van der Waals surface area contributed by atoms with E-state index in [-0.39, 0.29) is 57.8 Å². The molecule has 5 rings (SSSR count). The molecule has 0 saturated heterocycles. The minimum absolute atomic E-state index is 0.0110. The van der Waals surface area contributed by atoms with E-state index >= 15 is 0 Å². The number of anilines is 1. The lowest BCUT2D eigenvalue weighted by Crippen LogP contribution is -2.51. The molecule has 0 bridgehead atoms. The van der Waals surface area contributed by atoms with Gasteiger partial charge in [0.05, 0.1) is 15.9 Å². The maximum absolute atomic E-state index is 11.8. The third-order valence-electron chi connectivity index (χ3n) is 11.1. The van der Waals surface area contributed by atoms with Gasteiger partial charge in [0.25, 0.3) is 5.69 Å². The number of nitrogens with one attached hydrogen (secondary N) is 1. The number of nitrogens with zero attached hydrogens (tertiary/aromatic N) is 4.